The predicted molar refractivity (Wildman–Crippen MR) is 103 cm³/mol. The zero-order chi connectivity index (χ0) is 20.1. The predicted octanol–water partition coefficient (Wildman–Crippen LogP) is 0.692. The first-order valence-electron chi connectivity index (χ1n) is 8.84. The molecule has 0 saturated carbocycles. The smallest absolute Gasteiger partial charge is 0.257 e. The number of carbonyl (C=O) groups is 1. The van der Waals surface area contributed by atoms with Crippen molar-refractivity contribution >= 4 is 15.9 Å². The van der Waals surface area contributed by atoms with Gasteiger partial charge in [-0.15, -0.1) is 0 Å². The third-order valence-electron chi connectivity index (χ3n) is 4.87. The molecule has 1 aromatic carbocycles. The van der Waals surface area contributed by atoms with Crippen molar-refractivity contribution in [3.05, 3.63) is 23.8 Å². The summed E-state index contributed by atoms with van der Waals surface area (Å²) in [5.74, 6) is 0.0139. The molecule has 1 saturated heterocycles. The molecule has 0 bridgehead atoms. The Morgan fingerprint density at radius 1 is 1.26 bits per heavy atom. The van der Waals surface area contributed by atoms with Crippen molar-refractivity contribution in [3.63, 3.8) is 0 Å². The fourth-order valence-corrected chi connectivity index (χ4v) is 4.41. The van der Waals surface area contributed by atoms with E-state index in [-0.39, 0.29) is 28.3 Å². The van der Waals surface area contributed by atoms with Crippen molar-refractivity contribution in [2.45, 2.75) is 17.7 Å². The summed E-state index contributed by atoms with van der Waals surface area (Å²) < 4.78 is 38.9. The minimum absolute atomic E-state index is 0.0370. The highest BCUT2D eigenvalue weighted by Crippen LogP contribution is 2.29. The lowest BCUT2D eigenvalue weighted by Crippen LogP contribution is -2.47. The molecule has 27 heavy (non-hydrogen) atoms. The van der Waals surface area contributed by atoms with Gasteiger partial charge < -0.3 is 19.7 Å². The van der Waals surface area contributed by atoms with Crippen molar-refractivity contribution in [2.24, 2.45) is 5.41 Å². The fourth-order valence-electron chi connectivity index (χ4n) is 3.23. The molecule has 8 nitrogen and oxygen atoms in total. The topological polar surface area (TPSA) is 97.0 Å². The number of piperidine rings is 1. The Balaban J connectivity index is 2.25. The molecule has 9 heteroatoms. The van der Waals surface area contributed by atoms with Crippen molar-refractivity contribution < 1.29 is 22.7 Å². The summed E-state index contributed by atoms with van der Waals surface area (Å²) in [6.07, 6.45) is 1.66. The van der Waals surface area contributed by atoms with E-state index >= 15 is 0 Å². The molecule has 1 aliphatic rings. The fraction of sp³-hybridized carbons (Fsp3) is 0.611. The van der Waals surface area contributed by atoms with Crippen LogP contribution in [-0.2, 0) is 14.8 Å². The first kappa shape index (κ1) is 21.6. The molecule has 2 N–H and O–H groups in total. The molecule has 152 valence electrons. The molecule has 1 fully saturated rings. The SMILES string of the molecule is COCC1(CNS(=O)(=O)c2ccc(OC)c(C(=O)N(C)C)c2)CCNCC1. The van der Waals surface area contributed by atoms with Crippen LogP contribution in [0.3, 0.4) is 0 Å². The number of rotatable bonds is 8. The van der Waals surface area contributed by atoms with E-state index in [2.05, 4.69) is 10.0 Å². The number of methoxy groups -OCH3 is 2. The lowest BCUT2D eigenvalue weighted by molar-refractivity contribution is 0.0577. The van der Waals surface area contributed by atoms with Crippen LogP contribution in [0.4, 0.5) is 0 Å². The van der Waals surface area contributed by atoms with E-state index < -0.39 is 10.0 Å². The number of nitrogens with one attached hydrogen (secondary N) is 2. The Morgan fingerprint density at radius 2 is 1.93 bits per heavy atom. The van der Waals surface area contributed by atoms with Crippen LogP contribution < -0.4 is 14.8 Å². The molecular formula is C18H29N3O5S. The van der Waals surface area contributed by atoms with E-state index in [1.807, 2.05) is 0 Å². The van der Waals surface area contributed by atoms with Gasteiger partial charge in [-0.2, -0.15) is 0 Å². The van der Waals surface area contributed by atoms with E-state index in [0.29, 0.717) is 12.4 Å². The normalized spacial score (nSPS) is 16.7. The van der Waals surface area contributed by atoms with Crippen LogP contribution in [0, 0.1) is 5.41 Å². The average molecular weight is 400 g/mol. The molecule has 1 heterocycles. The first-order valence-corrected chi connectivity index (χ1v) is 10.3. The van der Waals surface area contributed by atoms with E-state index in [1.165, 1.54) is 30.2 Å². The highest BCUT2D eigenvalue weighted by atomic mass is 32.2. The number of benzene rings is 1. The van der Waals surface area contributed by atoms with Gasteiger partial charge in [0.25, 0.3) is 5.91 Å². The van der Waals surface area contributed by atoms with Gasteiger partial charge >= 0.3 is 0 Å². The second-order valence-electron chi connectivity index (χ2n) is 7.07. The lowest BCUT2D eigenvalue weighted by Gasteiger charge is -2.37. The Bertz CT molecular complexity index is 753. The maximum absolute atomic E-state index is 12.8. The Kier molecular flexibility index (Phi) is 7.21. The zero-order valence-corrected chi connectivity index (χ0v) is 17.2. The summed E-state index contributed by atoms with van der Waals surface area (Å²) in [6.45, 7) is 2.43. The molecule has 0 aromatic heterocycles. The van der Waals surface area contributed by atoms with Crippen LogP contribution in [0.2, 0.25) is 0 Å². The van der Waals surface area contributed by atoms with Crippen LogP contribution in [0.25, 0.3) is 0 Å². The minimum atomic E-state index is -3.78. The molecule has 1 amide bonds. The molecule has 2 rings (SSSR count). The van der Waals surface area contributed by atoms with Gasteiger partial charge in [-0.1, -0.05) is 0 Å². The molecule has 1 aliphatic heterocycles. The first-order chi connectivity index (χ1) is 12.7. The van der Waals surface area contributed by atoms with Crippen LogP contribution in [-0.4, -0.2) is 73.8 Å². The van der Waals surface area contributed by atoms with E-state index in [0.717, 1.165) is 25.9 Å². The van der Waals surface area contributed by atoms with Crippen LogP contribution in [0.1, 0.15) is 23.2 Å². The van der Waals surface area contributed by atoms with Gasteiger partial charge in [0.2, 0.25) is 10.0 Å². The third kappa shape index (κ3) is 5.19. The maximum atomic E-state index is 12.8. The standard InChI is InChI=1S/C18H29N3O5S/c1-21(2)17(22)15-11-14(5-6-16(15)26-4)27(23,24)20-12-18(13-25-3)7-9-19-10-8-18/h5-6,11,19-20H,7-10,12-13H2,1-4H3. The number of hydrogen-bond acceptors (Lipinski definition) is 6. The molecule has 0 aliphatic carbocycles. The highest BCUT2D eigenvalue weighted by molar-refractivity contribution is 7.89. The van der Waals surface area contributed by atoms with E-state index in [9.17, 15) is 13.2 Å². The molecule has 0 spiro atoms. The number of hydrogen-bond donors (Lipinski definition) is 2. The highest BCUT2D eigenvalue weighted by Gasteiger charge is 2.34. The summed E-state index contributed by atoms with van der Waals surface area (Å²) in [5.41, 5.74) is -0.0270. The average Bonchev–Trinajstić information content (AvgIpc) is 2.66. The molecule has 0 radical (unpaired) electrons. The van der Waals surface area contributed by atoms with Crippen molar-refractivity contribution in [1.82, 2.24) is 14.9 Å². The second kappa shape index (κ2) is 9.01. The van der Waals surface area contributed by atoms with Gasteiger partial charge in [-0.3, -0.25) is 4.79 Å². The van der Waals surface area contributed by atoms with Crippen molar-refractivity contribution in [2.75, 3.05) is 54.6 Å². The van der Waals surface area contributed by atoms with Gasteiger partial charge in [0, 0.05) is 33.2 Å². The second-order valence-corrected chi connectivity index (χ2v) is 8.84. The summed E-state index contributed by atoms with van der Waals surface area (Å²) in [6, 6.07) is 4.30. The Hall–Kier alpha value is -1.68. The largest absolute Gasteiger partial charge is 0.496 e. The summed E-state index contributed by atoms with van der Waals surface area (Å²) in [5, 5.41) is 3.28. The summed E-state index contributed by atoms with van der Waals surface area (Å²) in [7, 11) is 2.50. The Labute approximate surface area is 161 Å². The number of carbonyl (C=O) groups excluding carboxylic acids is 1. The monoisotopic (exact) mass is 399 g/mol. The van der Waals surface area contributed by atoms with E-state index in [4.69, 9.17) is 9.47 Å². The van der Waals surface area contributed by atoms with Gasteiger partial charge in [0.15, 0.2) is 0 Å². The number of amides is 1. The molecule has 0 unspecified atom stereocenters. The molecular weight excluding hydrogens is 370 g/mol. The van der Waals surface area contributed by atoms with Gasteiger partial charge in [-0.25, -0.2) is 13.1 Å². The third-order valence-corrected chi connectivity index (χ3v) is 6.27. The molecule has 0 atom stereocenters. The van der Waals surface area contributed by atoms with Crippen LogP contribution in [0.15, 0.2) is 23.1 Å². The number of sulfonamides is 1. The van der Waals surface area contributed by atoms with E-state index in [1.54, 1.807) is 21.2 Å². The zero-order valence-electron chi connectivity index (χ0n) is 16.4. The summed E-state index contributed by atoms with van der Waals surface area (Å²) >= 11 is 0. The lowest BCUT2D eigenvalue weighted by atomic mass is 9.80. The van der Waals surface area contributed by atoms with Crippen molar-refractivity contribution in [3.8, 4) is 5.75 Å². The van der Waals surface area contributed by atoms with Crippen LogP contribution in [0.5, 0.6) is 5.75 Å². The van der Waals surface area contributed by atoms with Gasteiger partial charge in [0.1, 0.15) is 5.75 Å². The quantitative estimate of drug-likeness (QED) is 0.668. The van der Waals surface area contributed by atoms with Crippen LogP contribution >= 0.6 is 0 Å². The maximum Gasteiger partial charge on any atom is 0.257 e. The number of nitrogens with zero attached hydrogens (tertiary/aromatic N) is 1. The van der Waals surface area contributed by atoms with Gasteiger partial charge in [-0.05, 0) is 44.1 Å². The Morgan fingerprint density at radius 3 is 2.48 bits per heavy atom. The molecule has 1 aromatic rings. The number of ether oxygens (including phenoxy) is 2. The van der Waals surface area contributed by atoms with Crippen molar-refractivity contribution in [1.29, 1.82) is 0 Å². The summed E-state index contributed by atoms with van der Waals surface area (Å²) in [4.78, 5) is 13.8. The van der Waals surface area contributed by atoms with Gasteiger partial charge in [0.05, 0.1) is 24.2 Å². The minimum Gasteiger partial charge on any atom is -0.496 e.